The van der Waals surface area contributed by atoms with Crippen molar-refractivity contribution in [2.75, 3.05) is 26.2 Å². The Kier molecular flexibility index (Phi) is 4.05. The zero-order chi connectivity index (χ0) is 13.9. The molecule has 0 radical (unpaired) electrons. The van der Waals surface area contributed by atoms with Crippen LogP contribution in [0.15, 0.2) is 6.20 Å². The number of H-pyrrole nitrogens is 1. The van der Waals surface area contributed by atoms with Crippen molar-refractivity contribution in [3.05, 3.63) is 17.5 Å². The van der Waals surface area contributed by atoms with E-state index in [9.17, 15) is 4.79 Å². The highest BCUT2D eigenvalue weighted by atomic mass is 16.2. The first-order valence-corrected chi connectivity index (χ1v) is 7.79. The molecule has 20 heavy (non-hydrogen) atoms. The van der Waals surface area contributed by atoms with Gasteiger partial charge in [0.15, 0.2) is 0 Å². The van der Waals surface area contributed by atoms with Gasteiger partial charge in [-0.3, -0.25) is 9.89 Å². The van der Waals surface area contributed by atoms with E-state index in [0.29, 0.717) is 6.04 Å². The van der Waals surface area contributed by atoms with Crippen LogP contribution in [-0.4, -0.2) is 58.1 Å². The summed E-state index contributed by atoms with van der Waals surface area (Å²) in [5.74, 6) is 0.133. The Morgan fingerprint density at radius 1 is 1.20 bits per heavy atom. The van der Waals surface area contributed by atoms with Crippen LogP contribution in [0.3, 0.4) is 0 Å². The number of hydrogen-bond acceptors (Lipinski definition) is 3. The molecular weight excluding hydrogens is 252 g/mol. The standard InChI is InChI=1S/C15H24N4O/c1-12-14(11-16-17-12)15(20)19-9-5-13(6-10-19)18-7-3-2-4-8-18/h11,13H,2-10H2,1H3,(H,16,17). The quantitative estimate of drug-likeness (QED) is 0.896. The minimum atomic E-state index is 0.133. The predicted molar refractivity (Wildman–Crippen MR) is 77.7 cm³/mol. The van der Waals surface area contributed by atoms with Crippen LogP contribution in [0.1, 0.15) is 48.2 Å². The molecule has 3 rings (SSSR count). The van der Waals surface area contributed by atoms with Crippen LogP contribution in [0.5, 0.6) is 0 Å². The zero-order valence-corrected chi connectivity index (χ0v) is 12.3. The second-order valence-electron chi connectivity index (χ2n) is 6.03. The minimum Gasteiger partial charge on any atom is -0.338 e. The van der Waals surface area contributed by atoms with Gasteiger partial charge >= 0.3 is 0 Å². The second-order valence-corrected chi connectivity index (χ2v) is 6.03. The van der Waals surface area contributed by atoms with E-state index in [0.717, 1.165) is 37.2 Å². The average Bonchev–Trinajstić information content (AvgIpc) is 2.94. The summed E-state index contributed by atoms with van der Waals surface area (Å²) < 4.78 is 0. The summed E-state index contributed by atoms with van der Waals surface area (Å²) >= 11 is 0. The fraction of sp³-hybridized carbons (Fsp3) is 0.733. The van der Waals surface area contributed by atoms with Crippen LogP contribution in [0, 0.1) is 6.92 Å². The second kappa shape index (κ2) is 5.95. The number of amides is 1. The molecular formula is C15H24N4O. The fourth-order valence-corrected chi connectivity index (χ4v) is 3.45. The number of nitrogens with zero attached hydrogens (tertiary/aromatic N) is 3. The molecule has 0 atom stereocenters. The first-order chi connectivity index (χ1) is 9.75. The summed E-state index contributed by atoms with van der Waals surface area (Å²) in [6.45, 7) is 6.16. The fourth-order valence-electron chi connectivity index (χ4n) is 3.45. The van der Waals surface area contributed by atoms with Gasteiger partial charge in [-0.2, -0.15) is 5.10 Å². The molecule has 2 aliphatic heterocycles. The Bertz CT molecular complexity index is 456. The molecule has 1 amide bonds. The lowest BCUT2D eigenvalue weighted by atomic mass is 9.99. The number of piperidine rings is 2. The van der Waals surface area contributed by atoms with E-state index in [-0.39, 0.29) is 5.91 Å². The molecule has 1 aromatic rings. The van der Waals surface area contributed by atoms with E-state index in [1.165, 1.54) is 32.4 Å². The summed E-state index contributed by atoms with van der Waals surface area (Å²) in [6, 6.07) is 0.685. The molecule has 3 heterocycles. The molecule has 0 aliphatic carbocycles. The summed E-state index contributed by atoms with van der Waals surface area (Å²) in [7, 11) is 0. The van der Waals surface area contributed by atoms with Gasteiger partial charge in [0.1, 0.15) is 0 Å². The van der Waals surface area contributed by atoms with Gasteiger partial charge in [0, 0.05) is 24.8 Å². The Morgan fingerprint density at radius 3 is 2.50 bits per heavy atom. The molecule has 2 fully saturated rings. The van der Waals surface area contributed by atoms with E-state index in [4.69, 9.17) is 0 Å². The van der Waals surface area contributed by atoms with Gasteiger partial charge in [-0.1, -0.05) is 6.42 Å². The SMILES string of the molecule is Cc1[nH]ncc1C(=O)N1CCC(N2CCCCC2)CC1. The third kappa shape index (κ3) is 2.73. The molecule has 5 nitrogen and oxygen atoms in total. The summed E-state index contributed by atoms with van der Waals surface area (Å²) in [4.78, 5) is 17.0. The van der Waals surface area contributed by atoms with E-state index in [1.54, 1.807) is 6.20 Å². The van der Waals surface area contributed by atoms with Crippen molar-refractivity contribution in [3.8, 4) is 0 Å². The molecule has 0 saturated carbocycles. The van der Waals surface area contributed by atoms with Gasteiger partial charge in [-0.25, -0.2) is 0 Å². The van der Waals surface area contributed by atoms with E-state index >= 15 is 0 Å². The molecule has 0 aromatic carbocycles. The van der Waals surface area contributed by atoms with Crippen molar-refractivity contribution in [2.45, 2.75) is 45.1 Å². The first-order valence-electron chi connectivity index (χ1n) is 7.79. The minimum absolute atomic E-state index is 0.133. The number of rotatable bonds is 2. The third-order valence-corrected chi connectivity index (χ3v) is 4.72. The van der Waals surface area contributed by atoms with Gasteiger partial charge in [0.2, 0.25) is 0 Å². The Hall–Kier alpha value is -1.36. The molecule has 2 saturated heterocycles. The molecule has 1 aromatic heterocycles. The van der Waals surface area contributed by atoms with Crippen LogP contribution in [0.2, 0.25) is 0 Å². The first kappa shape index (κ1) is 13.6. The molecule has 110 valence electrons. The number of aromatic amines is 1. The summed E-state index contributed by atoms with van der Waals surface area (Å²) in [5.41, 5.74) is 1.59. The van der Waals surface area contributed by atoms with Crippen molar-refractivity contribution >= 4 is 5.91 Å². The van der Waals surface area contributed by atoms with E-state index in [1.807, 2.05) is 11.8 Å². The number of likely N-dealkylation sites (tertiary alicyclic amines) is 2. The van der Waals surface area contributed by atoms with Crippen molar-refractivity contribution in [1.29, 1.82) is 0 Å². The Labute approximate surface area is 120 Å². The normalized spacial score (nSPS) is 22.1. The number of carbonyl (C=O) groups is 1. The Balaban J connectivity index is 1.55. The third-order valence-electron chi connectivity index (χ3n) is 4.72. The van der Waals surface area contributed by atoms with Gasteiger partial charge in [0.25, 0.3) is 5.91 Å². The Morgan fingerprint density at radius 2 is 1.90 bits per heavy atom. The number of nitrogens with one attached hydrogen (secondary N) is 1. The maximum Gasteiger partial charge on any atom is 0.257 e. The van der Waals surface area contributed by atoms with Crippen molar-refractivity contribution in [2.24, 2.45) is 0 Å². The van der Waals surface area contributed by atoms with Gasteiger partial charge < -0.3 is 9.80 Å². The predicted octanol–water partition coefficient (Wildman–Crippen LogP) is 1.81. The number of hydrogen-bond donors (Lipinski definition) is 1. The van der Waals surface area contributed by atoms with E-state index < -0.39 is 0 Å². The molecule has 5 heteroatoms. The molecule has 0 spiro atoms. The van der Waals surface area contributed by atoms with Crippen LogP contribution in [0.4, 0.5) is 0 Å². The molecule has 1 N–H and O–H groups in total. The lowest BCUT2D eigenvalue weighted by Gasteiger charge is -2.40. The molecule has 2 aliphatic rings. The summed E-state index contributed by atoms with van der Waals surface area (Å²) in [6.07, 6.45) is 7.94. The number of aromatic nitrogens is 2. The maximum atomic E-state index is 12.4. The van der Waals surface area contributed by atoms with Crippen molar-refractivity contribution in [1.82, 2.24) is 20.0 Å². The maximum absolute atomic E-state index is 12.4. The topological polar surface area (TPSA) is 52.2 Å². The smallest absolute Gasteiger partial charge is 0.257 e. The summed E-state index contributed by atoms with van der Waals surface area (Å²) in [5, 5.41) is 6.79. The van der Waals surface area contributed by atoms with Gasteiger partial charge in [-0.05, 0) is 45.7 Å². The largest absolute Gasteiger partial charge is 0.338 e. The monoisotopic (exact) mass is 276 g/mol. The van der Waals surface area contributed by atoms with Crippen LogP contribution in [0.25, 0.3) is 0 Å². The number of aryl methyl sites for hydroxylation is 1. The highest BCUT2D eigenvalue weighted by Crippen LogP contribution is 2.22. The van der Waals surface area contributed by atoms with Gasteiger partial charge in [-0.15, -0.1) is 0 Å². The average molecular weight is 276 g/mol. The molecule has 0 bridgehead atoms. The molecule has 0 unspecified atom stereocenters. The highest BCUT2D eigenvalue weighted by molar-refractivity contribution is 5.95. The lowest BCUT2D eigenvalue weighted by molar-refractivity contribution is 0.0589. The van der Waals surface area contributed by atoms with Gasteiger partial charge in [0.05, 0.1) is 11.8 Å². The number of carbonyl (C=O) groups excluding carboxylic acids is 1. The van der Waals surface area contributed by atoms with E-state index in [2.05, 4.69) is 15.1 Å². The van der Waals surface area contributed by atoms with Crippen molar-refractivity contribution in [3.63, 3.8) is 0 Å². The van der Waals surface area contributed by atoms with Crippen LogP contribution < -0.4 is 0 Å². The van der Waals surface area contributed by atoms with Crippen LogP contribution >= 0.6 is 0 Å². The lowest BCUT2D eigenvalue weighted by Crippen LogP contribution is -2.48. The zero-order valence-electron chi connectivity index (χ0n) is 12.3. The van der Waals surface area contributed by atoms with Crippen molar-refractivity contribution < 1.29 is 4.79 Å². The van der Waals surface area contributed by atoms with Crippen LogP contribution in [-0.2, 0) is 0 Å². The highest BCUT2D eigenvalue weighted by Gasteiger charge is 2.28.